The van der Waals surface area contributed by atoms with E-state index < -0.39 is 5.54 Å². The van der Waals surface area contributed by atoms with E-state index in [0.717, 1.165) is 52.5 Å². The molecule has 110 valence electrons. The summed E-state index contributed by atoms with van der Waals surface area (Å²) in [5, 5.41) is 0. The zero-order valence-corrected chi connectivity index (χ0v) is 12.4. The van der Waals surface area contributed by atoms with Crippen molar-refractivity contribution < 1.29 is 14.3 Å². The van der Waals surface area contributed by atoms with Crippen LogP contribution in [0, 0.1) is 5.92 Å². The Hall–Kier alpha value is -0.650. The molecule has 0 N–H and O–H groups in total. The van der Waals surface area contributed by atoms with Gasteiger partial charge in [0.05, 0.1) is 25.4 Å². The van der Waals surface area contributed by atoms with Gasteiger partial charge in [0.1, 0.15) is 0 Å². The molecular formula is C14H26N2O3. The molecule has 1 atom stereocenters. The van der Waals surface area contributed by atoms with Gasteiger partial charge in [-0.1, -0.05) is 0 Å². The summed E-state index contributed by atoms with van der Waals surface area (Å²) in [6.07, 6.45) is 1.07. The molecule has 5 heteroatoms. The number of hydrogen-bond acceptors (Lipinski definition) is 4. The molecule has 0 aromatic heterocycles. The van der Waals surface area contributed by atoms with Crippen molar-refractivity contribution in [3.8, 4) is 0 Å². The maximum atomic E-state index is 12.7. The Kier molecular flexibility index (Phi) is 4.81. The topological polar surface area (TPSA) is 42.0 Å². The highest BCUT2D eigenvalue weighted by Gasteiger charge is 2.37. The summed E-state index contributed by atoms with van der Waals surface area (Å²) in [4.78, 5) is 16.7. The number of ether oxygens (including phenoxy) is 2. The molecule has 2 fully saturated rings. The number of morpholine rings is 1. The lowest BCUT2D eigenvalue weighted by Gasteiger charge is -2.41. The van der Waals surface area contributed by atoms with E-state index in [-0.39, 0.29) is 5.91 Å². The van der Waals surface area contributed by atoms with Crippen molar-refractivity contribution in [1.29, 1.82) is 0 Å². The van der Waals surface area contributed by atoms with Crippen molar-refractivity contribution in [2.24, 2.45) is 5.92 Å². The lowest BCUT2D eigenvalue weighted by atomic mass is 9.99. The zero-order valence-electron chi connectivity index (χ0n) is 12.4. The molecule has 0 saturated carbocycles. The molecule has 0 aromatic carbocycles. The Bertz CT molecular complexity index is 308. The first-order valence-corrected chi connectivity index (χ1v) is 7.18. The number of carbonyl (C=O) groups is 1. The summed E-state index contributed by atoms with van der Waals surface area (Å²) in [6, 6.07) is 0. The van der Waals surface area contributed by atoms with Crippen LogP contribution in [0.2, 0.25) is 0 Å². The number of amides is 1. The van der Waals surface area contributed by atoms with Gasteiger partial charge < -0.3 is 14.4 Å². The first-order chi connectivity index (χ1) is 9.01. The molecule has 2 saturated heterocycles. The molecule has 0 spiro atoms. The SMILES string of the molecule is CN(CC1CCOC1)C(=O)C(C)(C)N1CCOCC1. The summed E-state index contributed by atoms with van der Waals surface area (Å²) in [6.45, 7) is 9.55. The van der Waals surface area contributed by atoms with Gasteiger partial charge in [0.15, 0.2) is 0 Å². The van der Waals surface area contributed by atoms with Crippen molar-refractivity contribution in [1.82, 2.24) is 9.80 Å². The third kappa shape index (κ3) is 3.46. The Balaban J connectivity index is 1.91. The van der Waals surface area contributed by atoms with Crippen molar-refractivity contribution in [3.05, 3.63) is 0 Å². The first-order valence-electron chi connectivity index (χ1n) is 7.18. The number of hydrogen-bond donors (Lipinski definition) is 0. The fourth-order valence-electron chi connectivity index (χ4n) is 2.92. The van der Waals surface area contributed by atoms with Gasteiger partial charge in [-0.15, -0.1) is 0 Å². The molecule has 2 aliphatic heterocycles. The quantitative estimate of drug-likeness (QED) is 0.750. The molecule has 19 heavy (non-hydrogen) atoms. The van der Waals surface area contributed by atoms with Gasteiger partial charge in [0.25, 0.3) is 0 Å². The highest BCUT2D eigenvalue weighted by atomic mass is 16.5. The lowest BCUT2D eigenvalue weighted by Crippen LogP contribution is -2.58. The minimum Gasteiger partial charge on any atom is -0.381 e. The summed E-state index contributed by atoms with van der Waals surface area (Å²) < 4.78 is 10.7. The Morgan fingerprint density at radius 2 is 1.95 bits per heavy atom. The van der Waals surface area contributed by atoms with Gasteiger partial charge in [-0.05, 0) is 20.3 Å². The van der Waals surface area contributed by atoms with Crippen LogP contribution in [0.4, 0.5) is 0 Å². The molecule has 1 amide bonds. The van der Waals surface area contributed by atoms with Crippen LogP contribution in [0.3, 0.4) is 0 Å². The predicted octanol–water partition coefficient (Wildman–Crippen LogP) is 0.592. The Labute approximate surface area is 115 Å². The molecule has 0 aliphatic carbocycles. The smallest absolute Gasteiger partial charge is 0.242 e. The zero-order chi connectivity index (χ0) is 13.9. The molecule has 0 aromatic rings. The molecule has 2 aliphatic rings. The van der Waals surface area contributed by atoms with E-state index >= 15 is 0 Å². The number of rotatable bonds is 4. The number of likely N-dealkylation sites (N-methyl/N-ethyl adjacent to an activating group) is 1. The van der Waals surface area contributed by atoms with E-state index in [1.165, 1.54) is 0 Å². The summed E-state index contributed by atoms with van der Waals surface area (Å²) in [5.41, 5.74) is -0.446. The van der Waals surface area contributed by atoms with Crippen LogP contribution in [-0.2, 0) is 14.3 Å². The minimum atomic E-state index is -0.446. The maximum absolute atomic E-state index is 12.7. The average Bonchev–Trinajstić information content (AvgIpc) is 2.91. The van der Waals surface area contributed by atoms with Crippen molar-refractivity contribution in [3.63, 3.8) is 0 Å². The van der Waals surface area contributed by atoms with E-state index in [4.69, 9.17) is 9.47 Å². The molecule has 2 rings (SSSR count). The molecule has 5 nitrogen and oxygen atoms in total. The molecular weight excluding hydrogens is 244 g/mol. The van der Waals surface area contributed by atoms with E-state index in [2.05, 4.69) is 4.90 Å². The molecule has 1 unspecified atom stereocenters. The third-order valence-electron chi connectivity index (χ3n) is 4.23. The average molecular weight is 270 g/mol. The third-order valence-corrected chi connectivity index (χ3v) is 4.23. The lowest BCUT2D eigenvalue weighted by molar-refractivity contribution is -0.144. The van der Waals surface area contributed by atoms with Gasteiger partial charge in [0, 0.05) is 39.2 Å². The largest absolute Gasteiger partial charge is 0.381 e. The van der Waals surface area contributed by atoms with Gasteiger partial charge in [0.2, 0.25) is 5.91 Å². The standard InChI is InChI=1S/C14H26N2O3/c1-14(2,16-5-8-18-9-6-16)13(17)15(3)10-12-4-7-19-11-12/h12H,4-11H2,1-3H3. The number of nitrogens with zero attached hydrogens (tertiary/aromatic N) is 2. The molecule has 0 radical (unpaired) electrons. The van der Waals surface area contributed by atoms with Crippen LogP contribution in [0.5, 0.6) is 0 Å². The van der Waals surface area contributed by atoms with E-state index in [1.807, 2.05) is 25.8 Å². The van der Waals surface area contributed by atoms with Crippen LogP contribution in [0.1, 0.15) is 20.3 Å². The van der Waals surface area contributed by atoms with Crippen LogP contribution < -0.4 is 0 Å². The monoisotopic (exact) mass is 270 g/mol. The Morgan fingerprint density at radius 1 is 1.26 bits per heavy atom. The van der Waals surface area contributed by atoms with Crippen molar-refractivity contribution in [2.75, 3.05) is 53.1 Å². The molecule has 0 bridgehead atoms. The highest BCUT2D eigenvalue weighted by molar-refractivity contribution is 5.85. The van der Waals surface area contributed by atoms with Gasteiger partial charge in [-0.3, -0.25) is 9.69 Å². The highest BCUT2D eigenvalue weighted by Crippen LogP contribution is 2.21. The summed E-state index contributed by atoms with van der Waals surface area (Å²) >= 11 is 0. The fraction of sp³-hybridized carbons (Fsp3) is 0.929. The van der Waals surface area contributed by atoms with Crippen molar-refractivity contribution >= 4 is 5.91 Å². The van der Waals surface area contributed by atoms with E-state index in [1.54, 1.807) is 0 Å². The van der Waals surface area contributed by atoms with Crippen LogP contribution >= 0.6 is 0 Å². The normalized spacial score (nSPS) is 25.5. The fourth-order valence-corrected chi connectivity index (χ4v) is 2.92. The second kappa shape index (κ2) is 6.20. The van der Waals surface area contributed by atoms with Crippen LogP contribution in [0.15, 0.2) is 0 Å². The van der Waals surface area contributed by atoms with E-state index in [0.29, 0.717) is 5.92 Å². The molecule has 2 heterocycles. The van der Waals surface area contributed by atoms with E-state index in [9.17, 15) is 4.79 Å². The van der Waals surface area contributed by atoms with Crippen molar-refractivity contribution in [2.45, 2.75) is 25.8 Å². The van der Waals surface area contributed by atoms with Gasteiger partial charge in [-0.2, -0.15) is 0 Å². The Morgan fingerprint density at radius 3 is 2.53 bits per heavy atom. The summed E-state index contributed by atoms with van der Waals surface area (Å²) in [5.74, 6) is 0.690. The van der Waals surface area contributed by atoms with Gasteiger partial charge in [-0.25, -0.2) is 0 Å². The second-order valence-electron chi connectivity index (χ2n) is 6.07. The second-order valence-corrected chi connectivity index (χ2v) is 6.07. The predicted molar refractivity (Wildman–Crippen MR) is 73.0 cm³/mol. The number of carbonyl (C=O) groups excluding carboxylic acids is 1. The van der Waals surface area contributed by atoms with Crippen LogP contribution in [-0.4, -0.2) is 74.4 Å². The van der Waals surface area contributed by atoms with Crippen LogP contribution in [0.25, 0.3) is 0 Å². The summed E-state index contributed by atoms with van der Waals surface area (Å²) in [7, 11) is 1.91. The minimum absolute atomic E-state index is 0.196. The first kappa shape index (κ1) is 14.8. The van der Waals surface area contributed by atoms with Gasteiger partial charge >= 0.3 is 0 Å². The maximum Gasteiger partial charge on any atom is 0.242 e.